The van der Waals surface area contributed by atoms with Crippen LogP contribution < -0.4 is 0 Å². The standard InChI is InChI=1S/C12H17F5O3S/c1-6-7(2)10-4-8(6)3-9(10)5-20-11(13,14)12(15,16)21(17,18)19/h6-10H,3-5H2,1-2H3/t6?,7?,8-,9?,10+/m0/s1. The molecule has 2 fully saturated rings. The van der Waals surface area contributed by atoms with Crippen LogP contribution in [0, 0.1) is 29.6 Å². The lowest BCUT2D eigenvalue weighted by atomic mass is 9.76. The fraction of sp³-hybridized carbons (Fsp3) is 1.00. The zero-order valence-corrected chi connectivity index (χ0v) is 12.3. The van der Waals surface area contributed by atoms with Gasteiger partial charge in [-0.3, -0.25) is 0 Å². The van der Waals surface area contributed by atoms with E-state index in [0.717, 1.165) is 6.42 Å². The Bertz CT molecular complexity index is 505. The Kier molecular flexibility index (Phi) is 4.06. The molecule has 2 aliphatic rings. The monoisotopic (exact) mass is 336 g/mol. The van der Waals surface area contributed by atoms with Gasteiger partial charge in [0.25, 0.3) is 0 Å². The molecule has 5 atom stereocenters. The Morgan fingerprint density at radius 1 is 1.10 bits per heavy atom. The zero-order chi connectivity index (χ0) is 16.2. The van der Waals surface area contributed by atoms with Crippen molar-refractivity contribution >= 4 is 10.2 Å². The van der Waals surface area contributed by atoms with E-state index in [-0.39, 0.29) is 17.8 Å². The molecule has 2 rings (SSSR count). The Hall–Kier alpha value is -0.440. The molecular weight excluding hydrogens is 319 g/mol. The van der Waals surface area contributed by atoms with Crippen LogP contribution in [0.4, 0.5) is 21.4 Å². The van der Waals surface area contributed by atoms with Crippen LogP contribution in [-0.2, 0) is 15.0 Å². The highest BCUT2D eigenvalue weighted by Gasteiger charge is 2.68. The molecule has 2 bridgehead atoms. The minimum Gasteiger partial charge on any atom is -0.314 e. The van der Waals surface area contributed by atoms with Gasteiger partial charge in [0.05, 0.1) is 6.61 Å². The first kappa shape index (κ1) is 16.9. The van der Waals surface area contributed by atoms with Gasteiger partial charge in [0, 0.05) is 0 Å². The molecular formula is C12H17F5O3S. The number of halogens is 5. The quantitative estimate of drug-likeness (QED) is 0.571. The lowest BCUT2D eigenvalue weighted by molar-refractivity contribution is -0.322. The van der Waals surface area contributed by atoms with E-state index in [4.69, 9.17) is 0 Å². The van der Waals surface area contributed by atoms with E-state index in [2.05, 4.69) is 11.7 Å². The van der Waals surface area contributed by atoms with Crippen LogP contribution in [0.3, 0.4) is 0 Å². The molecule has 3 nitrogen and oxygen atoms in total. The second-order valence-corrected chi connectivity index (χ2v) is 7.54. The molecule has 9 heteroatoms. The van der Waals surface area contributed by atoms with Crippen molar-refractivity contribution in [3.05, 3.63) is 0 Å². The third-order valence-electron chi connectivity index (χ3n) is 5.16. The van der Waals surface area contributed by atoms with Gasteiger partial charge in [-0.15, -0.1) is 0 Å². The highest BCUT2D eigenvalue weighted by atomic mass is 32.3. The molecule has 0 spiro atoms. The molecule has 0 aromatic heterocycles. The molecule has 0 saturated heterocycles. The molecule has 2 saturated carbocycles. The summed E-state index contributed by atoms with van der Waals surface area (Å²) in [4.78, 5) is 0. The Morgan fingerprint density at radius 3 is 2.10 bits per heavy atom. The molecule has 124 valence electrons. The molecule has 3 unspecified atom stereocenters. The van der Waals surface area contributed by atoms with Crippen molar-refractivity contribution < 1.29 is 34.6 Å². The second kappa shape index (κ2) is 5.04. The van der Waals surface area contributed by atoms with Gasteiger partial charge in [-0.05, 0) is 42.4 Å². The van der Waals surface area contributed by atoms with Crippen LogP contribution >= 0.6 is 0 Å². The van der Waals surface area contributed by atoms with E-state index < -0.39 is 28.2 Å². The van der Waals surface area contributed by atoms with Crippen LogP contribution in [0.25, 0.3) is 0 Å². The number of hydrogen-bond donors (Lipinski definition) is 0. The van der Waals surface area contributed by atoms with Crippen molar-refractivity contribution in [1.29, 1.82) is 0 Å². The maximum Gasteiger partial charge on any atom is 0.464 e. The number of ether oxygens (including phenoxy) is 1. The van der Waals surface area contributed by atoms with Gasteiger partial charge in [0.15, 0.2) is 0 Å². The van der Waals surface area contributed by atoms with E-state index in [0.29, 0.717) is 18.3 Å². The van der Waals surface area contributed by atoms with E-state index in [9.17, 15) is 29.9 Å². The van der Waals surface area contributed by atoms with E-state index in [1.807, 2.05) is 6.92 Å². The highest BCUT2D eigenvalue weighted by Crippen LogP contribution is 2.55. The average molecular weight is 336 g/mol. The molecule has 0 N–H and O–H groups in total. The van der Waals surface area contributed by atoms with Crippen molar-refractivity contribution in [3.8, 4) is 0 Å². The second-order valence-electron chi connectivity index (χ2n) is 6.16. The average Bonchev–Trinajstić information content (AvgIpc) is 2.86. The van der Waals surface area contributed by atoms with Gasteiger partial charge >= 0.3 is 21.6 Å². The maximum atomic E-state index is 13.2. The third kappa shape index (κ3) is 2.67. The topological polar surface area (TPSA) is 43.4 Å². The van der Waals surface area contributed by atoms with Crippen LogP contribution in [-0.4, -0.2) is 26.4 Å². The molecule has 21 heavy (non-hydrogen) atoms. The fourth-order valence-corrected chi connectivity index (χ4v) is 4.07. The van der Waals surface area contributed by atoms with Gasteiger partial charge in [0.2, 0.25) is 0 Å². The first-order valence-electron chi connectivity index (χ1n) is 6.72. The van der Waals surface area contributed by atoms with E-state index >= 15 is 0 Å². The van der Waals surface area contributed by atoms with Crippen LogP contribution in [0.2, 0.25) is 0 Å². The number of alkyl halides is 4. The van der Waals surface area contributed by atoms with E-state index in [1.54, 1.807) is 0 Å². The summed E-state index contributed by atoms with van der Waals surface area (Å²) in [5.74, 6) is 0.829. The summed E-state index contributed by atoms with van der Waals surface area (Å²) in [6.07, 6.45) is -3.96. The summed E-state index contributed by atoms with van der Waals surface area (Å²) in [7, 11) is -6.74. The first-order valence-corrected chi connectivity index (χ1v) is 8.10. The highest BCUT2D eigenvalue weighted by molar-refractivity contribution is 7.87. The lowest BCUT2D eigenvalue weighted by Crippen LogP contribution is -2.48. The van der Waals surface area contributed by atoms with Gasteiger partial charge in [-0.1, -0.05) is 17.7 Å². The number of rotatable bonds is 5. The summed E-state index contributed by atoms with van der Waals surface area (Å²) in [6.45, 7) is 3.33. The summed E-state index contributed by atoms with van der Waals surface area (Å²) < 4.78 is 88.5. The van der Waals surface area contributed by atoms with Crippen molar-refractivity contribution in [1.82, 2.24) is 0 Å². The predicted octanol–water partition coefficient (Wildman–Crippen LogP) is 3.42. The maximum absolute atomic E-state index is 13.2. The largest absolute Gasteiger partial charge is 0.464 e. The normalized spacial score (nSPS) is 37.2. The van der Waals surface area contributed by atoms with Gasteiger partial charge in [-0.2, -0.15) is 26.0 Å². The third-order valence-corrected chi connectivity index (χ3v) is 6.01. The molecule has 0 radical (unpaired) electrons. The van der Waals surface area contributed by atoms with E-state index in [1.165, 1.54) is 0 Å². The summed E-state index contributed by atoms with van der Waals surface area (Å²) >= 11 is 0. The Labute approximate surface area is 120 Å². The zero-order valence-electron chi connectivity index (χ0n) is 11.5. The Morgan fingerprint density at radius 2 is 1.67 bits per heavy atom. The minimum absolute atomic E-state index is 0.0939. The molecule has 2 aliphatic carbocycles. The van der Waals surface area contributed by atoms with Gasteiger partial charge in [-0.25, -0.2) is 0 Å². The molecule has 0 aliphatic heterocycles. The molecule has 0 amide bonds. The summed E-state index contributed by atoms with van der Waals surface area (Å²) in [5, 5.41) is -5.88. The molecule has 0 heterocycles. The van der Waals surface area contributed by atoms with Crippen molar-refractivity contribution in [2.45, 2.75) is 38.1 Å². The van der Waals surface area contributed by atoms with Crippen molar-refractivity contribution in [2.75, 3.05) is 6.61 Å². The minimum atomic E-state index is -6.74. The van der Waals surface area contributed by atoms with Crippen LogP contribution in [0.15, 0.2) is 0 Å². The Balaban J connectivity index is 2.01. The summed E-state index contributed by atoms with van der Waals surface area (Å²) in [5.41, 5.74) is 0. The fourth-order valence-electron chi connectivity index (χ4n) is 3.72. The van der Waals surface area contributed by atoms with Crippen molar-refractivity contribution in [2.24, 2.45) is 29.6 Å². The van der Waals surface area contributed by atoms with Crippen LogP contribution in [0.5, 0.6) is 0 Å². The number of hydrogen-bond acceptors (Lipinski definition) is 3. The first-order chi connectivity index (χ1) is 9.38. The van der Waals surface area contributed by atoms with Gasteiger partial charge in [0.1, 0.15) is 0 Å². The molecule has 0 aromatic carbocycles. The summed E-state index contributed by atoms with van der Waals surface area (Å²) in [6, 6.07) is 0. The predicted molar refractivity (Wildman–Crippen MR) is 63.9 cm³/mol. The SMILES string of the molecule is CC1C(C)[C@H]2C[C@@H]1CC2COC(F)(F)C(F)(F)S(=O)(=O)F. The van der Waals surface area contributed by atoms with Gasteiger partial charge < -0.3 is 4.74 Å². The smallest absolute Gasteiger partial charge is 0.314 e. The van der Waals surface area contributed by atoms with Crippen molar-refractivity contribution in [3.63, 3.8) is 0 Å². The lowest BCUT2D eigenvalue weighted by Gasteiger charge is -2.33. The van der Waals surface area contributed by atoms with Crippen LogP contribution in [0.1, 0.15) is 26.7 Å². The number of fused-ring (bicyclic) bond motifs is 2. The molecule has 0 aromatic rings.